The molecule has 2 saturated heterocycles. The maximum absolute atomic E-state index is 16.2. The number of aliphatic hydroxyl groups excluding tert-OH is 1. The molecule has 3 N–H and O–H groups in total. The second-order valence-corrected chi connectivity index (χ2v) is 16.6. The van der Waals surface area contributed by atoms with Crippen molar-refractivity contribution in [1.82, 2.24) is 10.2 Å². The molecule has 4 aliphatic rings. The van der Waals surface area contributed by atoms with Crippen LogP contribution < -0.4 is 15.0 Å². The van der Waals surface area contributed by atoms with Crippen molar-refractivity contribution in [1.29, 1.82) is 0 Å². The molecule has 1 aliphatic carbocycles. The van der Waals surface area contributed by atoms with Crippen molar-refractivity contribution in [2.45, 2.75) is 73.8 Å². The van der Waals surface area contributed by atoms with E-state index in [1.165, 1.54) is 13.2 Å². The largest absolute Gasteiger partial charge is 0.491 e. The normalized spacial score (nSPS) is 24.7. The molecule has 6 atom stereocenters. The molecule has 4 aromatic carbocycles. The number of fused-ring (bicyclic) bond motifs is 3. The molecule has 1 spiro atoms. The first-order valence-electron chi connectivity index (χ1n) is 21.9. The maximum Gasteiger partial charge on any atom is 0.421 e. The summed E-state index contributed by atoms with van der Waals surface area (Å²) in [7, 11) is 1.46. The van der Waals surface area contributed by atoms with Gasteiger partial charge in [0.05, 0.1) is 36.9 Å². The topological polar surface area (TPSA) is 164 Å². The van der Waals surface area contributed by atoms with E-state index in [1.807, 2.05) is 65.6 Å². The summed E-state index contributed by atoms with van der Waals surface area (Å²) in [5, 5.41) is 24.3. The highest BCUT2D eigenvalue weighted by molar-refractivity contribution is 6.23. The van der Waals surface area contributed by atoms with Gasteiger partial charge >= 0.3 is 12.1 Å². The van der Waals surface area contributed by atoms with Gasteiger partial charge in [0.2, 0.25) is 11.8 Å². The van der Waals surface area contributed by atoms with E-state index in [9.17, 15) is 15.0 Å². The van der Waals surface area contributed by atoms with Crippen molar-refractivity contribution >= 4 is 29.6 Å². The molecule has 0 aromatic heterocycles. The lowest BCUT2D eigenvalue weighted by molar-refractivity contribution is -0.178. The van der Waals surface area contributed by atoms with Gasteiger partial charge in [-0.05, 0) is 78.3 Å². The van der Waals surface area contributed by atoms with Gasteiger partial charge in [0.15, 0.2) is 0 Å². The number of methoxy groups -OCH3 is 1. The molecule has 3 fully saturated rings. The zero-order valence-corrected chi connectivity index (χ0v) is 35.8. The second-order valence-electron chi connectivity index (χ2n) is 16.6. The quantitative estimate of drug-likeness (QED) is 0.0486. The van der Waals surface area contributed by atoms with E-state index in [1.54, 1.807) is 42.5 Å². The minimum atomic E-state index is -2.05. The first-order valence-corrected chi connectivity index (χ1v) is 21.9. The molecule has 0 radical (unpaired) electrons. The summed E-state index contributed by atoms with van der Waals surface area (Å²) < 4.78 is 23.3. The average Bonchev–Trinajstić information content (AvgIpc) is 3.65. The third kappa shape index (κ3) is 8.18. The minimum Gasteiger partial charge on any atom is -0.491 e. The Hall–Kier alpha value is -6.30. The highest BCUT2D eigenvalue weighted by Crippen LogP contribution is 2.66. The summed E-state index contributed by atoms with van der Waals surface area (Å²) in [6, 6.07) is 27.4. The number of benzene rings is 4. The third-order valence-electron chi connectivity index (χ3n) is 12.8. The molecule has 6 unspecified atom stereocenters. The first-order chi connectivity index (χ1) is 31.2. The van der Waals surface area contributed by atoms with Crippen molar-refractivity contribution in [2.24, 2.45) is 5.92 Å². The van der Waals surface area contributed by atoms with E-state index in [2.05, 4.69) is 23.7 Å². The number of hydrogen-bond acceptors (Lipinski definition) is 11. The number of carbonyl (C=O) groups excluding carboxylic acids is 4. The molecule has 3 amide bonds. The Morgan fingerprint density at radius 2 is 1.58 bits per heavy atom. The molecular weight excluding hydrogens is 815 g/mol. The van der Waals surface area contributed by atoms with E-state index in [4.69, 9.17) is 18.9 Å². The zero-order valence-electron chi connectivity index (χ0n) is 35.8. The van der Waals surface area contributed by atoms with Crippen molar-refractivity contribution < 1.29 is 48.3 Å². The van der Waals surface area contributed by atoms with E-state index in [0.29, 0.717) is 35.3 Å². The number of morpholine rings is 1. The number of carbonyl (C=O) groups is 4. The summed E-state index contributed by atoms with van der Waals surface area (Å²) in [6.07, 6.45) is 4.28. The van der Waals surface area contributed by atoms with Crippen LogP contribution in [-0.4, -0.2) is 90.7 Å². The summed E-state index contributed by atoms with van der Waals surface area (Å²) in [6.45, 7) is 3.42. The number of nitrogens with zero attached hydrogens (tertiary/aromatic N) is 2. The van der Waals surface area contributed by atoms with Crippen molar-refractivity contribution in [3.63, 3.8) is 0 Å². The van der Waals surface area contributed by atoms with Gasteiger partial charge in [-0.2, -0.15) is 0 Å². The van der Waals surface area contributed by atoms with Crippen LogP contribution in [0.15, 0.2) is 116 Å². The lowest BCUT2D eigenvalue weighted by Crippen LogP contribution is -2.55. The summed E-state index contributed by atoms with van der Waals surface area (Å²) in [4.78, 5) is 63.9. The number of aliphatic hydroxyl groups is 2. The fraction of sp³-hybridized carbons (Fsp3) is 0.373. The van der Waals surface area contributed by atoms with Crippen LogP contribution in [0.3, 0.4) is 0 Å². The molecule has 3 aliphatic heterocycles. The first kappa shape index (κ1) is 44.3. The van der Waals surface area contributed by atoms with E-state index >= 15 is 14.4 Å². The standard InChI is InChI=1S/C51H53N3O10/c1-3-27-52-46(56)41-43-47(57)64-44(36-17-10-7-11-18-36)42(35-15-8-6-9-16-35)54(43)45(37-19-14-20-38(33-37)62-29-28-55)51(41)39-32-34(23-26-50(60)24-12-4-5-13-25-50)21-22-40(39)53(48(51)58)49(59)63-31-30-61-2/h3,6-11,14-22,32-33,41-45,55,60H,1,4-5,12-13,24-25,27-31H2,2H3,(H,52,56). The molecule has 13 heteroatoms. The van der Waals surface area contributed by atoms with Gasteiger partial charge in [-0.25, -0.2) is 9.69 Å². The highest BCUT2D eigenvalue weighted by atomic mass is 16.6. The van der Waals surface area contributed by atoms with Crippen LogP contribution in [0.4, 0.5) is 10.5 Å². The van der Waals surface area contributed by atoms with E-state index < -0.39 is 65.0 Å². The number of esters is 1. The van der Waals surface area contributed by atoms with Gasteiger partial charge in [-0.15, -0.1) is 6.58 Å². The zero-order chi connectivity index (χ0) is 44.8. The molecule has 1 saturated carbocycles. The molecule has 4 aromatic rings. The smallest absolute Gasteiger partial charge is 0.421 e. The van der Waals surface area contributed by atoms with Crippen molar-refractivity contribution in [2.75, 3.05) is 45.0 Å². The summed E-state index contributed by atoms with van der Waals surface area (Å²) in [5.74, 6) is 2.99. The summed E-state index contributed by atoms with van der Waals surface area (Å²) in [5.41, 5.74) is -0.520. The lowest BCUT2D eigenvalue weighted by atomic mass is 9.65. The number of imide groups is 1. The molecule has 8 rings (SSSR count). The Kier molecular flexibility index (Phi) is 13.3. The average molecular weight is 868 g/mol. The van der Waals surface area contributed by atoms with Crippen LogP contribution in [0, 0.1) is 17.8 Å². The number of ether oxygens (including phenoxy) is 4. The van der Waals surface area contributed by atoms with Crippen LogP contribution in [-0.2, 0) is 34.0 Å². The third-order valence-corrected chi connectivity index (χ3v) is 12.8. The number of amides is 3. The fourth-order valence-corrected chi connectivity index (χ4v) is 10.1. The highest BCUT2D eigenvalue weighted by Gasteiger charge is 2.75. The van der Waals surface area contributed by atoms with Gasteiger partial charge < -0.3 is 34.5 Å². The van der Waals surface area contributed by atoms with E-state index in [-0.39, 0.29) is 44.2 Å². The van der Waals surface area contributed by atoms with Crippen LogP contribution in [0.25, 0.3) is 0 Å². The molecule has 332 valence electrons. The SMILES string of the molecule is C=CCNC(=O)C1C2C(=O)OC(c3ccccc3)C(c3ccccc3)N2C(c2cccc(OCCO)c2)C12C(=O)N(C(=O)OCCOC)c1ccc(C#CC3(O)CCCCCC3)cc12. The van der Waals surface area contributed by atoms with Crippen molar-refractivity contribution in [3.05, 3.63) is 144 Å². The molecule has 64 heavy (non-hydrogen) atoms. The molecule has 0 bridgehead atoms. The van der Waals surface area contributed by atoms with Crippen LogP contribution in [0.5, 0.6) is 5.75 Å². The Morgan fingerprint density at radius 1 is 0.875 bits per heavy atom. The maximum atomic E-state index is 16.2. The van der Waals surface area contributed by atoms with Crippen LogP contribution in [0.2, 0.25) is 0 Å². The van der Waals surface area contributed by atoms with Crippen LogP contribution >= 0.6 is 0 Å². The number of nitrogens with one attached hydrogen (secondary N) is 1. The predicted octanol–water partition coefficient (Wildman–Crippen LogP) is 6.25. The summed E-state index contributed by atoms with van der Waals surface area (Å²) >= 11 is 0. The van der Waals surface area contributed by atoms with E-state index in [0.717, 1.165) is 36.1 Å². The Morgan fingerprint density at radius 3 is 2.27 bits per heavy atom. The van der Waals surface area contributed by atoms with Gasteiger partial charge in [0.25, 0.3) is 0 Å². The van der Waals surface area contributed by atoms with Gasteiger partial charge in [0.1, 0.15) is 42.1 Å². The number of hydrogen-bond donors (Lipinski definition) is 3. The fourth-order valence-electron chi connectivity index (χ4n) is 10.1. The second kappa shape index (κ2) is 19.2. The number of cyclic esters (lactones) is 1. The molecular formula is C51H53N3O10. The Labute approximate surface area is 373 Å². The Bertz CT molecular complexity index is 2420. The Balaban J connectivity index is 1.45. The molecule has 3 heterocycles. The minimum absolute atomic E-state index is 0.00497. The van der Waals surface area contributed by atoms with Crippen molar-refractivity contribution in [3.8, 4) is 17.6 Å². The monoisotopic (exact) mass is 867 g/mol. The number of anilines is 1. The number of rotatable bonds is 12. The van der Waals surface area contributed by atoms with Gasteiger partial charge in [0, 0.05) is 19.2 Å². The molecule has 13 nitrogen and oxygen atoms in total. The van der Waals surface area contributed by atoms with Gasteiger partial charge in [-0.1, -0.05) is 104 Å². The predicted molar refractivity (Wildman–Crippen MR) is 237 cm³/mol. The van der Waals surface area contributed by atoms with Crippen LogP contribution in [0.1, 0.15) is 84.5 Å². The lowest BCUT2D eigenvalue weighted by Gasteiger charge is -2.46. The van der Waals surface area contributed by atoms with Gasteiger partial charge in [-0.3, -0.25) is 19.3 Å².